The standard InChI is InChI=1S/C35H40BFN2O8S/c1-34(2)35(3,4)47-36(46-34)28-14-7-21(15-24(28)19-44-20-43-6)18-39(48(41)42)29-17-30-27(16-26(29)22-8-9-22)31(33(40)38-5)32(45-30)23-10-12-25(37)13-11-23/h7,10-17,22,48H,8-9,18-20H2,1-6H3,(H,38,40). The third kappa shape index (κ3) is 6.62. The lowest BCUT2D eigenvalue weighted by Crippen LogP contribution is -2.41. The summed E-state index contributed by atoms with van der Waals surface area (Å²) in [5, 5.41) is 3.23. The second-order valence-corrected chi connectivity index (χ2v) is 14.2. The number of hydrogen-bond donors (Lipinski definition) is 2. The van der Waals surface area contributed by atoms with Gasteiger partial charge in [-0.15, -0.1) is 0 Å². The molecule has 1 aliphatic carbocycles. The minimum atomic E-state index is -3.09. The zero-order chi connectivity index (χ0) is 34.4. The molecule has 1 aliphatic heterocycles. The SMILES string of the molecule is CNC(=O)c1c(-c2ccc(F)cc2)oc2cc(N(Cc3ccc(B4OC(C)(C)C(C)(C)O4)c(COCOC)c3)[SH](=O)=O)c(C3CC3)cc12. The van der Waals surface area contributed by atoms with Crippen molar-refractivity contribution in [1.29, 1.82) is 0 Å². The first kappa shape index (κ1) is 34.1. The number of carbonyl (C=O) groups is 1. The number of benzene rings is 3. The summed E-state index contributed by atoms with van der Waals surface area (Å²) in [6.07, 6.45) is 1.79. The number of nitrogens with zero attached hydrogens (tertiary/aromatic N) is 1. The van der Waals surface area contributed by atoms with Gasteiger partial charge in [0.2, 0.25) is 10.9 Å². The van der Waals surface area contributed by atoms with E-state index in [1.807, 2.05) is 52.0 Å². The Morgan fingerprint density at radius 1 is 1.04 bits per heavy atom. The van der Waals surface area contributed by atoms with Crippen LogP contribution in [0.25, 0.3) is 22.3 Å². The molecule has 13 heteroatoms. The van der Waals surface area contributed by atoms with Gasteiger partial charge in [0, 0.05) is 31.2 Å². The highest BCUT2D eigenvalue weighted by molar-refractivity contribution is 7.74. The van der Waals surface area contributed by atoms with E-state index < -0.39 is 35.0 Å². The molecule has 0 bridgehead atoms. The maximum atomic E-state index is 13.7. The Bertz CT molecular complexity index is 1900. The van der Waals surface area contributed by atoms with Crippen LogP contribution in [-0.4, -0.2) is 53.6 Å². The first-order valence-corrected chi connectivity index (χ1v) is 17.0. The average molecular weight is 679 g/mol. The summed E-state index contributed by atoms with van der Waals surface area (Å²) in [5.74, 6) is -0.366. The molecule has 1 saturated carbocycles. The van der Waals surface area contributed by atoms with E-state index in [2.05, 4.69) is 5.32 Å². The van der Waals surface area contributed by atoms with Gasteiger partial charge in [0.15, 0.2) is 0 Å². The van der Waals surface area contributed by atoms with E-state index in [4.69, 9.17) is 23.2 Å². The summed E-state index contributed by atoms with van der Waals surface area (Å²) in [4.78, 5) is 13.1. The quantitative estimate of drug-likeness (QED) is 0.0883. The van der Waals surface area contributed by atoms with Crippen molar-refractivity contribution >= 4 is 46.0 Å². The Labute approximate surface area is 281 Å². The van der Waals surface area contributed by atoms with E-state index in [0.29, 0.717) is 27.8 Å². The van der Waals surface area contributed by atoms with Gasteiger partial charge in [0.1, 0.15) is 24.0 Å². The predicted octanol–water partition coefficient (Wildman–Crippen LogP) is 5.43. The Morgan fingerprint density at radius 3 is 2.33 bits per heavy atom. The fraction of sp³-hybridized carbons (Fsp3) is 0.400. The third-order valence-electron chi connectivity index (χ3n) is 9.40. The number of halogens is 1. The second kappa shape index (κ2) is 13.3. The number of anilines is 1. The molecule has 1 aromatic heterocycles. The number of amides is 1. The minimum absolute atomic E-state index is 0.0404. The fourth-order valence-electron chi connectivity index (χ4n) is 5.97. The summed E-state index contributed by atoms with van der Waals surface area (Å²) in [7, 11) is -0.652. The van der Waals surface area contributed by atoms with Crippen LogP contribution in [0.3, 0.4) is 0 Å². The van der Waals surface area contributed by atoms with Gasteiger partial charge in [-0.3, -0.25) is 9.10 Å². The molecule has 1 amide bonds. The Hall–Kier alpha value is -3.75. The Balaban J connectivity index is 1.41. The predicted molar refractivity (Wildman–Crippen MR) is 182 cm³/mol. The molecule has 0 radical (unpaired) electrons. The summed E-state index contributed by atoms with van der Waals surface area (Å²) in [6, 6.07) is 14.9. The molecule has 0 spiro atoms. The van der Waals surface area contributed by atoms with Gasteiger partial charge in [-0.05, 0) is 98.9 Å². The molecule has 4 aromatic rings. The van der Waals surface area contributed by atoms with Crippen molar-refractivity contribution in [1.82, 2.24) is 5.32 Å². The molecule has 2 fully saturated rings. The number of hydrogen-bond acceptors (Lipinski definition) is 8. The van der Waals surface area contributed by atoms with Gasteiger partial charge in [-0.1, -0.05) is 18.2 Å². The highest BCUT2D eigenvalue weighted by Gasteiger charge is 2.52. The number of thiol groups is 1. The van der Waals surface area contributed by atoms with Crippen molar-refractivity contribution in [3.05, 3.63) is 82.7 Å². The Morgan fingerprint density at radius 2 is 1.73 bits per heavy atom. The molecule has 254 valence electrons. The van der Waals surface area contributed by atoms with Gasteiger partial charge in [-0.25, -0.2) is 12.8 Å². The highest BCUT2D eigenvalue weighted by atomic mass is 32.2. The van der Waals surface area contributed by atoms with E-state index in [0.717, 1.165) is 35.0 Å². The van der Waals surface area contributed by atoms with Gasteiger partial charge in [-0.2, -0.15) is 0 Å². The van der Waals surface area contributed by atoms with E-state index in [1.165, 1.54) is 23.5 Å². The fourth-order valence-corrected chi connectivity index (χ4v) is 6.60. The van der Waals surface area contributed by atoms with Crippen LogP contribution in [0, 0.1) is 5.82 Å². The second-order valence-electron chi connectivity index (χ2n) is 13.2. The van der Waals surface area contributed by atoms with E-state index in [9.17, 15) is 17.6 Å². The van der Waals surface area contributed by atoms with Crippen molar-refractivity contribution < 1.29 is 40.8 Å². The van der Waals surface area contributed by atoms with Gasteiger partial charge < -0.3 is 28.5 Å². The van der Waals surface area contributed by atoms with Crippen LogP contribution in [0.1, 0.15) is 73.5 Å². The first-order chi connectivity index (χ1) is 22.8. The number of rotatable bonds is 12. The van der Waals surface area contributed by atoms with Crippen LogP contribution in [0.15, 0.2) is 59.0 Å². The number of ether oxygens (including phenoxy) is 2. The van der Waals surface area contributed by atoms with Gasteiger partial charge in [0.25, 0.3) is 5.91 Å². The molecule has 10 nitrogen and oxygen atoms in total. The van der Waals surface area contributed by atoms with Crippen LogP contribution >= 0.6 is 0 Å². The van der Waals surface area contributed by atoms with E-state index in [1.54, 1.807) is 25.3 Å². The van der Waals surface area contributed by atoms with Crippen molar-refractivity contribution in [2.24, 2.45) is 0 Å². The largest absolute Gasteiger partial charge is 0.495 e. The molecular formula is C35H40BFN2O8S. The van der Waals surface area contributed by atoms with Crippen LogP contribution in [0.4, 0.5) is 10.1 Å². The van der Waals surface area contributed by atoms with E-state index in [-0.39, 0.29) is 37.5 Å². The summed E-state index contributed by atoms with van der Waals surface area (Å²) in [5.41, 5.74) is 3.69. The zero-order valence-corrected chi connectivity index (χ0v) is 28.8. The lowest BCUT2D eigenvalue weighted by Gasteiger charge is -2.32. The maximum Gasteiger partial charge on any atom is 0.495 e. The topological polar surface area (TPSA) is 117 Å². The average Bonchev–Trinajstić information content (AvgIpc) is 3.78. The number of fused-ring (bicyclic) bond motifs is 1. The van der Waals surface area contributed by atoms with Crippen LogP contribution < -0.4 is 15.1 Å². The number of furan rings is 1. The zero-order valence-electron chi connectivity index (χ0n) is 27.9. The van der Waals surface area contributed by atoms with Crippen LogP contribution in [0.5, 0.6) is 0 Å². The Kier molecular flexibility index (Phi) is 9.44. The molecule has 0 atom stereocenters. The smallest absolute Gasteiger partial charge is 0.455 e. The van der Waals surface area contributed by atoms with Crippen molar-refractivity contribution in [2.75, 3.05) is 25.3 Å². The van der Waals surface area contributed by atoms with E-state index >= 15 is 0 Å². The summed E-state index contributed by atoms with van der Waals surface area (Å²) in [6.45, 7) is 8.26. The van der Waals surface area contributed by atoms with Crippen molar-refractivity contribution in [3.8, 4) is 11.3 Å². The molecule has 3 aromatic carbocycles. The molecule has 1 N–H and O–H groups in total. The molecule has 48 heavy (non-hydrogen) atoms. The molecule has 2 heterocycles. The highest BCUT2D eigenvalue weighted by Crippen LogP contribution is 2.48. The lowest BCUT2D eigenvalue weighted by molar-refractivity contribution is -0.0389. The molecule has 0 unspecified atom stereocenters. The maximum absolute atomic E-state index is 13.7. The minimum Gasteiger partial charge on any atom is -0.455 e. The third-order valence-corrected chi connectivity index (χ3v) is 10.1. The molecule has 6 rings (SSSR count). The number of methoxy groups -OCH3 is 1. The monoisotopic (exact) mass is 678 g/mol. The molecular weight excluding hydrogens is 638 g/mol. The van der Waals surface area contributed by atoms with Crippen LogP contribution in [-0.2, 0) is 42.8 Å². The number of nitrogens with one attached hydrogen (secondary N) is 1. The van der Waals surface area contributed by atoms with Crippen molar-refractivity contribution in [2.45, 2.75) is 70.8 Å². The number of carbonyl (C=O) groups excluding carboxylic acids is 1. The summed E-state index contributed by atoms with van der Waals surface area (Å²) < 4.78 is 70.7. The molecule has 2 aliphatic rings. The van der Waals surface area contributed by atoms with Gasteiger partial charge in [0.05, 0.1) is 35.6 Å². The van der Waals surface area contributed by atoms with Crippen LogP contribution in [0.2, 0.25) is 0 Å². The molecule has 1 saturated heterocycles. The van der Waals surface area contributed by atoms with Crippen molar-refractivity contribution in [3.63, 3.8) is 0 Å². The first-order valence-electron chi connectivity index (χ1n) is 15.9. The summed E-state index contributed by atoms with van der Waals surface area (Å²) >= 11 is 0. The normalized spacial score (nSPS) is 17.0. The van der Waals surface area contributed by atoms with Gasteiger partial charge >= 0.3 is 7.12 Å². The lowest BCUT2D eigenvalue weighted by atomic mass is 9.75.